The van der Waals surface area contributed by atoms with Crippen molar-refractivity contribution >= 4 is 11.6 Å². The van der Waals surface area contributed by atoms with E-state index in [2.05, 4.69) is 10.4 Å². The van der Waals surface area contributed by atoms with Gasteiger partial charge in [-0.15, -0.1) is 0 Å². The quantitative estimate of drug-likeness (QED) is 0.821. The summed E-state index contributed by atoms with van der Waals surface area (Å²) in [6.07, 6.45) is 9.99. The molecule has 21 heavy (non-hydrogen) atoms. The average molecular weight is 295 g/mol. The van der Waals surface area contributed by atoms with Gasteiger partial charge in [0.25, 0.3) is 5.91 Å². The maximum Gasteiger partial charge on any atom is 0.284 e. The lowest BCUT2D eigenvalue weighted by molar-refractivity contribution is -0.114. The van der Waals surface area contributed by atoms with E-state index in [1.165, 1.54) is 18.7 Å². The molecule has 1 saturated carbocycles. The molecule has 0 radical (unpaired) electrons. The summed E-state index contributed by atoms with van der Waals surface area (Å²) >= 11 is 0. The maximum absolute atomic E-state index is 13.9. The molecule has 1 aliphatic carbocycles. The zero-order chi connectivity index (χ0) is 15.1. The zero-order valence-electron chi connectivity index (χ0n) is 12.3. The summed E-state index contributed by atoms with van der Waals surface area (Å²) in [7, 11) is 1.61. The number of methoxy groups -OCH3 is 1. The fraction of sp³-hybridized carbons (Fsp3) is 0.600. The minimum Gasteiger partial charge on any atom is -0.383 e. The fourth-order valence-electron chi connectivity index (χ4n) is 2.51. The van der Waals surface area contributed by atoms with E-state index < -0.39 is 11.7 Å². The molecule has 0 unspecified atom stereocenters. The number of carbonyl (C=O) groups excluding carboxylic acids is 1. The van der Waals surface area contributed by atoms with Crippen molar-refractivity contribution in [2.45, 2.75) is 38.6 Å². The number of halogens is 1. The molecule has 0 aliphatic heterocycles. The predicted octanol–water partition coefficient (Wildman–Crippen LogP) is 2.90. The summed E-state index contributed by atoms with van der Waals surface area (Å²) < 4.78 is 20.5. The lowest BCUT2D eigenvalue weighted by Crippen LogP contribution is -2.13. The number of hydrogen-bond donors (Lipinski definition) is 1. The van der Waals surface area contributed by atoms with E-state index in [-0.39, 0.29) is 5.92 Å². The highest BCUT2D eigenvalue weighted by atomic mass is 19.1. The van der Waals surface area contributed by atoms with Crippen molar-refractivity contribution in [3.63, 3.8) is 0 Å². The molecule has 116 valence electrons. The van der Waals surface area contributed by atoms with Crippen LogP contribution in [-0.4, -0.2) is 29.4 Å². The van der Waals surface area contributed by atoms with Crippen LogP contribution in [0, 0.1) is 5.92 Å². The van der Waals surface area contributed by atoms with E-state index in [0.29, 0.717) is 18.8 Å². The highest BCUT2D eigenvalue weighted by Gasteiger charge is 2.16. The first-order chi connectivity index (χ1) is 10.2. The molecule has 1 heterocycles. The Kier molecular flexibility index (Phi) is 5.92. The third kappa shape index (κ3) is 4.97. The molecule has 1 aromatic rings. The van der Waals surface area contributed by atoms with Crippen LogP contribution in [0.25, 0.3) is 0 Å². The molecule has 2 rings (SSSR count). The summed E-state index contributed by atoms with van der Waals surface area (Å²) in [6, 6.07) is 0. The lowest BCUT2D eigenvalue weighted by atomic mass is 9.89. The second-order valence-electron chi connectivity index (χ2n) is 5.35. The van der Waals surface area contributed by atoms with E-state index in [9.17, 15) is 9.18 Å². The third-order valence-electron chi connectivity index (χ3n) is 3.66. The molecule has 1 amide bonds. The predicted molar refractivity (Wildman–Crippen MR) is 78.5 cm³/mol. The highest BCUT2D eigenvalue weighted by Crippen LogP contribution is 2.26. The van der Waals surface area contributed by atoms with Gasteiger partial charge < -0.3 is 10.1 Å². The summed E-state index contributed by atoms with van der Waals surface area (Å²) in [6.45, 7) is 1.12. The van der Waals surface area contributed by atoms with E-state index >= 15 is 0 Å². The van der Waals surface area contributed by atoms with Crippen molar-refractivity contribution in [2.75, 3.05) is 19.0 Å². The van der Waals surface area contributed by atoms with Crippen molar-refractivity contribution in [1.29, 1.82) is 0 Å². The second-order valence-corrected chi connectivity index (χ2v) is 5.35. The van der Waals surface area contributed by atoms with Gasteiger partial charge in [-0.25, -0.2) is 4.39 Å². The number of carbonyl (C=O) groups is 1. The van der Waals surface area contributed by atoms with E-state index in [0.717, 1.165) is 25.7 Å². The van der Waals surface area contributed by atoms with Gasteiger partial charge in [0.1, 0.15) is 0 Å². The molecule has 0 aromatic carbocycles. The van der Waals surface area contributed by atoms with Crippen LogP contribution in [0.4, 0.5) is 10.1 Å². The van der Waals surface area contributed by atoms with Crippen LogP contribution < -0.4 is 5.32 Å². The minimum atomic E-state index is -0.702. The Morgan fingerprint density at radius 2 is 2.29 bits per heavy atom. The SMILES string of the molecule is COCCn1cc(NC(=O)C(F)=CC2CCCCC2)cn1. The van der Waals surface area contributed by atoms with Gasteiger partial charge in [0.15, 0.2) is 5.83 Å². The van der Waals surface area contributed by atoms with Crippen LogP contribution in [0.15, 0.2) is 24.3 Å². The Morgan fingerprint density at radius 1 is 1.52 bits per heavy atom. The number of rotatable bonds is 6. The Balaban J connectivity index is 1.87. The first-order valence-corrected chi connectivity index (χ1v) is 7.39. The zero-order valence-corrected chi connectivity index (χ0v) is 12.3. The van der Waals surface area contributed by atoms with Crippen LogP contribution in [-0.2, 0) is 16.1 Å². The fourth-order valence-corrected chi connectivity index (χ4v) is 2.51. The Morgan fingerprint density at radius 3 is 3.00 bits per heavy atom. The van der Waals surface area contributed by atoms with Crippen molar-refractivity contribution in [1.82, 2.24) is 9.78 Å². The van der Waals surface area contributed by atoms with Crippen molar-refractivity contribution in [3.8, 4) is 0 Å². The van der Waals surface area contributed by atoms with Gasteiger partial charge in [-0.1, -0.05) is 19.3 Å². The van der Waals surface area contributed by atoms with Crippen LogP contribution in [0.1, 0.15) is 32.1 Å². The van der Waals surface area contributed by atoms with Crippen LogP contribution in [0.2, 0.25) is 0 Å². The van der Waals surface area contributed by atoms with Gasteiger partial charge in [-0.05, 0) is 24.8 Å². The Bertz CT molecular complexity index is 493. The molecule has 1 aromatic heterocycles. The standard InChI is InChI=1S/C15H22FN3O2/c1-21-8-7-19-11-13(10-17-19)18-15(20)14(16)9-12-5-3-2-4-6-12/h9-12H,2-8H2,1H3,(H,18,20). The third-order valence-corrected chi connectivity index (χ3v) is 3.66. The van der Waals surface area contributed by atoms with Crippen molar-refractivity contribution < 1.29 is 13.9 Å². The number of amides is 1. The van der Waals surface area contributed by atoms with Crippen molar-refractivity contribution in [3.05, 3.63) is 24.3 Å². The number of ether oxygens (including phenoxy) is 1. The normalized spacial score (nSPS) is 17.0. The van der Waals surface area contributed by atoms with E-state index in [1.54, 1.807) is 18.0 Å². The van der Waals surface area contributed by atoms with E-state index in [4.69, 9.17) is 4.74 Å². The molecular weight excluding hydrogens is 273 g/mol. The molecule has 1 fully saturated rings. The topological polar surface area (TPSA) is 56.1 Å². The van der Waals surface area contributed by atoms with Crippen molar-refractivity contribution in [2.24, 2.45) is 5.92 Å². The number of hydrogen-bond acceptors (Lipinski definition) is 3. The summed E-state index contributed by atoms with van der Waals surface area (Å²) in [5.41, 5.74) is 0.489. The van der Waals surface area contributed by atoms with E-state index in [1.807, 2.05) is 0 Å². The van der Waals surface area contributed by atoms with Gasteiger partial charge in [0.2, 0.25) is 0 Å². The van der Waals surface area contributed by atoms with Crippen LogP contribution in [0.3, 0.4) is 0 Å². The largest absolute Gasteiger partial charge is 0.383 e. The Hall–Kier alpha value is -1.69. The summed E-state index contributed by atoms with van der Waals surface area (Å²) in [5.74, 6) is -1.22. The molecule has 0 spiro atoms. The first kappa shape index (κ1) is 15.7. The number of nitrogens with one attached hydrogen (secondary N) is 1. The van der Waals surface area contributed by atoms with Crippen LogP contribution >= 0.6 is 0 Å². The lowest BCUT2D eigenvalue weighted by Gasteiger charge is -2.17. The molecular formula is C15H22FN3O2. The Labute approximate surface area is 124 Å². The minimum absolute atomic E-state index is 0.189. The first-order valence-electron chi connectivity index (χ1n) is 7.39. The second kappa shape index (κ2) is 7.93. The highest BCUT2D eigenvalue weighted by molar-refractivity contribution is 6.01. The molecule has 5 nitrogen and oxygen atoms in total. The number of nitrogens with zero attached hydrogens (tertiary/aromatic N) is 2. The smallest absolute Gasteiger partial charge is 0.284 e. The number of anilines is 1. The summed E-state index contributed by atoms with van der Waals surface area (Å²) in [5, 5.41) is 6.58. The van der Waals surface area contributed by atoms with Crippen LogP contribution in [0.5, 0.6) is 0 Å². The van der Waals surface area contributed by atoms with Gasteiger partial charge in [-0.3, -0.25) is 9.48 Å². The van der Waals surface area contributed by atoms with Gasteiger partial charge >= 0.3 is 0 Å². The molecule has 1 N–H and O–H groups in total. The molecule has 0 saturated heterocycles. The molecule has 0 bridgehead atoms. The molecule has 6 heteroatoms. The maximum atomic E-state index is 13.9. The molecule has 0 atom stereocenters. The monoisotopic (exact) mass is 295 g/mol. The van der Waals surface area contributed by atoms with Gasteiger partial charge in [-0.2, -0.15) is 5.10 Å². The van der Waals surface area contributed by atoms with Gasteiger partial charge in [0, 0.05) is 13.3 Å². The number of aromatic nitrogens is 2. The summed E-state index contributed by atoms with van der Waals surface area (Å²) in [4.78, 5) is 11.8. The van der Waals surface area contributed by atoms with Gasteiger partial charge in [0.05, 0.1) is 25.0 Å². The molecule has 1 aliphatic rings. The number of allylic oxidation sites excluding steroid dienone is 1. The average Bonchev–Trinajstić information content (AvgIpc) is 2.93.